The first-order valence-electron chi connectivity index (χ1n) is 5.30. The predicted octanol–water partition coefficient (Wildman–Crippen LogP) is 3.82. The van der Waals surface area contributed by atoms with Crippen LogP contribution in [0.15, 0.2) is 36.4 Å². The molecule has 0 fully saturated rings. The second kappa shape index (κ2) is 8.35. The van der Waals surface area contributed by atoms with Crippen LogP contribution in [0.25, 0.3) is 11.1 Å². The van der Waals surface area contributed by atoms with E-state index in [1.54, 1.807) is 0 Å². The van der Waals surface area contributed by atoms with Crippen LogP contribution in [0.4, 0.5) is 0 Å². The van der Waals surface area contributed by atoms with Crippen molar-refractivity contribution in [2.24, 2.45) is 0 Å². The Balaban J connectivity index is 0.00000128. The zero-order valence-corrected chi connectivity index (χ0v) is 15.9. The maximum atomic E-state index is 3.42. The summed E-state index contributed by atoms with van der Waals surface area (Å²) >= 11 is 0. The SMILES string of the molecule is CCc1[c-]c(-c2ccccc2)[c-]cc1C.[W].[Y]. The van der Waals surface area contributed by atoms with Crippen LogP contribution in [0.3, 0.4) is 0 Å². The Bertz CT molecular complexity index is 452. The quantitative estimate of drug-likeness (QED) is 0.590. The van der Waals surface area contributed by atoms with E-state index in [4.69, 9.17) is 0 Å². The van der Waals surface area contributed by atoms with E-state index >= 15 is 0 Å². The summed E-state index contributed by atoms with van der Waals surface area (Å²) in [5.41, 5.74) is 4.81. The fourth-order valence-corrected chi connectivity index (χ4v) is 1.68. The third kappa shape index (κ3) is 4.43. The van der Waals surface area contributed by atoms with E-state index in [1.165, 1.54) is 16.7 Å². The normalized spacial score (nSPS) is 9.06. The first kappa shape index (κ1) is 17.2. The van der Waals surface area contributed by atoms with Crippen LogP contribution in [-0.2, 0) is 60.2 Å². The molecule has 2 aromatic rings. The number of rotatable bonds is 2. The molecule has 0 nitrogen and oxygen atoms in total. The van der Waals surface area contributed by atoms with Gasteiger partial charge in [-0.05, 0) is 0 Å². The third-order valence-corrected chi connectivity index (χ3v) is 2.60. The summed E-state index contributed by atoms with van der Waals surface area (Å²) in [5.74, 6) is 0. The zero-order chi connectivity index (χ0) is 10.7. The van der Waals surface area contributed by atoms with Gasteiger partial charge < -0.3 is 0 Å². The Morgan fingerprint density at radius 3 is 2.35 bits per heavy atom. The molecule has 2 aromatic carbocycles. The van der Waals surface area contributed by atoms with Crippen LogP contribution in [-0.4, -0.2) is 0 Å². The molecule has 0 N–H and O–H groups in total. The van der Waals surface area contributed by atoms with Crippen molar-refractivity contribution in [2.75, 3.05) is 0 Å². The van der Waals surface area contributed by atoms with Crippen molar-refractivity contribution in [2.45, 2.75) is 20.3 Å². The maximum Gasteiger partial charge on any atom is 0 e. The Hall–Kier alpha value is 0.232. The average molecular weight is 467 g/mol. The van der Waals surface area contributed by atoms with Crippen molar-refractivity contribution in [3.05, 3.63) is 59.7 Å². The maximum absolute atomic E-state index is 3.42. The molecule has 0 aliphatic carbocycles. The molecule has 0 atom stereocenters. The first-order chi connectivity index (χ1) is 7.31. The van der Waals surface area contributed by atoms with Gasteiger partial charge in [0.1, 0.15) is 0 Å². The summed E-state index contributed by atoms with van der Waals surface area (Å²) in [6, 6.07) is 19.1. The van der Waals surface area contributed by atoms with Gasteiger partial charge in [-0.25, -0.2) is 17.2 Å². The Morgan fingerprint density at radius 1 is 1.12 bits per heavy atom. The third-order valence-electron chi connectivity index (χ3n) is 2.60. The number of aryl methyl sites for hydroxylation is 2. The van der Waals surface area contributed by atoms with E-state index in [0.717, 1.165) is 12.0 Å². The van der Waals surface area contributed by atoms with E-state index in [1.807, 2.05) is 18.2 Å². The smallest absolute Gasteiger partial charge is 0 e. The average Bonchev–Trinajstić information content (AvgIpc) is 2.31. The van der Waals surface area contributed by atoms with Crippen LogP contribution in [0.1, 0.15) is 18.1 Å². The Labute approximate surface area is 143 Å². The molecule has 0 saturated carbocycles. The summed E-state index contributed by atoms with van der Waals surface area (Å²) in [5, 5.41) is 0. The van der Waals surface area contributed by atoms with Crippen molar-refractivity contribution in [1.29, 1.82) is 0 Å². The molecule has 0 amide bonds. The topological polar surface area (TPSA) is 0 Å². The van der Waals surface area contributed by atoms with Gasteiger partial charge >= 0.3 is 0 Å². The van der Waals surface area contributed by atoms with Gasteiger partial charge in [-0.3, -0.25) is 17.7 Å². The van der Waals surface area contributed by atoms with Crippen LogP contribution >= 0.6 is 0 Å². The molecule has 0 aromatic heterocycles. The van der Waals surface area contributed by atoms with Gasteiger partial charge in [0.15, 0.2) is 0 Å². The van der Waals surface area contributed by atoms with Crippen molar-refractivity contribution < 1.29 is 53.8 Å². The van der Waals surface area contributed by atoms with E-state index in [9.17, 15) is 0 Å². The van der Waals surface area contributed by atoms with Crippen molar-refractivity contribution >= 4 is 0 Å². The molecule has 2 rings (SSSR count). The van der Waals surface area contributed by atoms with Gasteiger partial charge in [0.2, 0.25) is 0 Å². The minimum Gasteiger partial charge on any atom is -0.286 e. The summed E-state index contributed by atoms with van der Waals surface area (Å²) in [6.45, 7) is 4.27. The molecular formula is C15H14WY-2. The predicted molar refractivity (Wildman–Crippen MR) is 63.7 cm³/mol. The van der Waals surface area contributed by atoms with E-state index < -0.39 is 0 Å². The standard InChI is InChI=1S/C15H14.W.Y/c1-3-13-11-15(10-9-12(13)2)14-7-5-4-6-8-14;;/h4-9H,3H2,1-2H3;;/q-2;;. The summed E-state index contributed by atoms with van der Waals surface area (Å²) in [4.78, 5) is 0. The fraction of sp³-hybridized carbons (Fsp3) is 0.200. The molecule has 0 aliphatic heterocycles. The van der Waals surface area contributed by atoms with Gasteiger partial charge in [-0.15, -0.1) is 19.1 Å². The van der Waals surface area contributed by atoms with E-state index in [2.05, 4.69) is 44.2 Å². The molecule has 0 spiro atoms. The van der Waals surface area contributed by atoms with Crippen LogP contribution in [0.2, 0.25) is 0 Å². The molecule has 0 aliphatic rings. The molecule has 2 heteroatoms. The largest absolute Gasteiger partial charge is 0.286 e. The van der Waals surface area contributed by atoms with Gasteiger partial charge in [0.05, 0.1) is 0 Å². The van der Waals surface area contributed by atoms with Gasteiger partial charge in [0, 0.05) is 53.8 Å². The van der Waals surface area contributed by atoms with E-state index in [-0.39, 0.29) is 53.8 Å². The van der Waals surface area contributed by atoms with Gasteiger partial charge in [-0.1, -0.05) is 31.5 Å². The second-order valence-corrected chi connectivity index (χ2v) is 3.67. The number of hydrogen-bond donors (Lipinski definition) is 0. The number of hydrogen-bond acceptors (Lipinski definition) is 0. The van der Waals surface area contributed by atoms with Crippen LogP contribution < -0.4 is 0 Å². The Kier molecular flexibility index (Phi) is 8.47. The minimum atomic E-state index is 0. The number of benzene rings is 2. The second-order valence-electron chi connectivity index (χ2n) is 3.67. The van der Waals surface area contributed by atoms with Crippen molar-refractivity contribution in [3.63, 3.8) is 0 Å². The molecular weight excluding hydrogens is 453 g/mol. The van der Waals surface area contributed by atoms with Gasteiger partial charge in [-0.2, -0.15) is 5.56 Å². The summed E-state index contributed by atoms with van der Waals surface area (Å²) < 4.78 is 0. The molecule has 85 valence electrons. The van der Waals surface area contributed by atoms with Crippen LogP contribution in [0, 0.1) is 19.1 Å². The van der Waals surface area contributed by atoms with Crippen LogP contribution in [0.5, 0.6) is 0 Å². The summed E-state index contributed by atoms with van der Waals surface area (Å²) in [6.07, 6.45) is 1.03. The monoisotopic (exact) mass is 467 g/mol. The fourth-order valence-electron chi connectivity index (χ4n) is 1.68. The molecule has 17 heavy (non-hydrogen) atoms. The molecule has 0 saturated heterocycles. The molecule has 0 heterocycles. The van der Waals surface area contributed by atoms with Crippen molar-refractivity contribution in [3.8, 4) is 11.1 Å². The molecule has 1 radical (unpaired) electrons. The zero-order valence-electron chi connectivity index (χ0n) is 10.2. The first-order valence-corrected chi connectivity index (χ1v) is 5.30. The molecule has 0 bridgehead atoms. The summed E-state index contributed by atoms with van der Waals surface area (Å²) in [7, 11) is 0. The van der Waals surface area contributed by atoms with E-state index in [0.29, 0.717) is 0 Å². The Morgan fingerprint density at radius 2 is 1.76 bits per heavy atom. The van der Waals surface area contributed by atoms with Gasteiger partial charge in [0.25, 0.3) is 0 Å². The molecule has 0 unspecified atom stereocenters. The van der Waals surface area contributed by atoms with Crippen molar-refractivity contribution in [1.82, 2.24) is 0 Å². The minimum absolute atomic E-state index is 0.